The van der Waals surface area contributed by atoms with E-state index < -0.39 is 15.7 Å². The lowest BCUT2D eigenvalue weighted by molar-refractivity contribution is 0.305. The molecule has 7 nitrogen and oxygen atoms in total. The van der Waals surface area contributed by atoms with Crippen molar-refractivity contribution in [3.05, 3.63) is 95.6 Å². The minimum absolute atomic E-state index is 0.0672. The monoisotopic (exact) mass is 478 g/mol. The van der Waals surface area contributed by atoms with Gasteiger partial charge in [-0.3, -0.25) is 0 Å². The predicted molar refractivity (Wildman–Crippen MR) is 129 cm³/mol. The van der Waals surface area contributed by atoms with Gasteiger partial charge in [0, 0.05) is 18.0 Å². The molecule has 0 saturated heterocycles. The van der Waals surface area contributed by atoms with Gasteiger partial charge in [0.05, 0.1) is 11.3 Å². The Morgan fingerprint density at radius 3 is 2.53 bits per heavy atom. The molecule has 0 fully saturated rings. The van der Waals surface area contributed by atoms with E-state index in [0.717, 1.165) is 11.1 Å². The highest BCUT2D eigenvalue weighted by Gasteiger charge is 2.13. The molecular weight excluding hydrogens is 455 g/mol. The summed E-state index contributed by atoms with van der Waals surface area (Å²) in [5.74, 6) is 0.382. The third kappa shape index (κ3) is 6.35. The van der Waals surface area contributed by atoms with Crippen LogP contribution >= 0.6 is 0 Å². The standard InChI is InChI=1S/C25H23FN4O3S/c1-17-6-8-18(9-7-17)14-33-23-13-20(26)10-11-22(23)24-27-16-28-25(30-24)29-21-5-3-4-19(12-21)15-34(2,31)32/h3-13,16H,14-15H2,1-2H3,(H,27,28,29,30). The van der Waals surface area contributed by atoms with Crippen LogP contribution in [-0.4, -0.2) is 29.6 Å². The first-order chi connectivity index (χ1) is 16.2. The number of hydrogen-bond acceptors (Lipinski definition) is 7. The highest BCUT2D eigenvalue weighted by molar-refractivity contribution is 7.89. The fraction of sp³-hybridized carbons (Fsp3) is 0.160. The van der Waals surface area contributed by atoms with Gasteiger partial charge in [0.25, 0.3) is 0 Å². The van der Waals surface area contributed by atoms with E-state index in [4.69, 9.17) is 4.74 Å². The Labute approximate surface area is 197 Å². The first-order valence-electron chi connectivity index (χ1n) is 10.5. The van der Waals surface area contributed by atoms with Gasteiger partial charge in [-0.05, 0) is 42.3 Å². The molecule has 0 aliphatic rings. The second-order valence-corrected chi connectivity index (χ2v) is 10.1. The van der Waals surface area contributed by atoms with Crippen molar-refractivity contribution in [3.8, 4) is 17.1 Å². The van der Waals surface area contributed by atoms with E-state index in [9.17, 15) is 12.8 Å². The van der Waals surface area contributed by atoms with Gasteiger partial charge in [-0.1, -0.05) is 42.0 Å². The molecule has 0 amide bonds. The van der Waals surface area contributed by atoms with Gasteiger partial charge in [0.1, 0.15) is 24.5 Å². The molecule has 1 heterocycles. The average molecular weight is 479 g/mol. The van der Waals surface area contributed by atoms with Gasteiger partial charge in [-0.2, -0.15) is 4.98 Å². The molecule has 3 aromatic carbocycles. The molecule has 174 valence electrons. The molecule has 0 saturated carbocycles. The van der Waals surface area contributed by atoms with E-state index in [2.05, 4.69) is 20.3 Å². The summed E-state index contributed by atoms with van der Waals surface area (Å²) in [7, 11) is -3.16. The number of anilines is 2. The van der Waals surface area contributed by atoms with E-state index in [0.29, 0.717) is 28.4 Å². The maximum Gasteiger partial charge on any atom is 0.230 e. The summed E-state index contributed by atoms with van der Waals surface area (Å²) in [4.78, 5) is 12.8. The van der Waals surface area contributed by atoms with Gasteiger partial charge >= 0.3 is 0 Å². The second-order valence-electron chi connectivity index (χ2n) is 7.94. The van der Waals surface area contributed by atoms with Crippen LogP contribution in [0.1, 0.15) is 16.7 Å². The number of sulfone groups is 1. The number of nitrogens with zero attached hydrogens (tertiary/aromatic N) is 3. The molecule has 0 spiro atoms. The number of nitrogens with one attached hydrogen (secondary N) is 1. The number of aryl methyl sites for hydroxylation is 1. The zero-order valence-electron chi connectivity index (χ0n) is 18.7. The van der Waals surface area contributed by atoms with Gasteiger partial charge < -0.3 is 10.1 Å². The van der Waals surface area contributed by atoms with Crippen LogP contribution in [0, 0.1) is 12.7 Å². The van der Waals surface area contributed by atoms with Gasteiger partial charge in [0.15, 0.2) is 15.7 Å². The number of halogens is 1. The van der Waals surface area contributed by atoms with Crippen LogP contribution in [0.4, 0.5) is 16.0 Å². The Morgan fingerprint density at radius 1 is 0.971 bits per heavy atom. The fourth-order valence-corrected chi connectivity index (χ4v) is 4.09. The highest BCUT2D eigenvalue weighted by atomic mass is 32.2. The van der Waals surface area contributed by atoms with E-state index >= 15 is 0 Å². The molecule has 0 atom stereocenters. The van der Waals surface area contributed by atoms with Crippen molar-refractivity contribution in [1.82, 2.24) is 15.0 Å². The summed E-state index contributed by atoms with van der Waals surface area (Å²) in [5, 5.41) is 3.06. The lowest BCUT2D eigenvalue weighted by Crippen LogP contribution is -2.04. The van der Waals surface area contributed by atoms with E-state index in [1.165, 1.54) is 24.7 Å². The first-order valence-corrected chi connectivity index (χ1v) is 12.5. The summed E-state index contributed by atoms with van der Waals surface area (Å²) >= 11 is 0. The lowest BCUT2D eigenvalue weighted by Gasteiger charge is -2.12. The van der Waals surface area contributed by atoms with Crippen LogP contribution in [0.25, 0.3) is 11.4 Å². The molecule has 1 N–H and O–H groups in total. The summed E-state index contributed by atoms with van der Waals surface area (Å²) < 4.78 is 43.1. The Hall–Kier alpha value is -3.85. The van der Waals surface area contributed by atoms with E-state index in [1.54, 1.807) is 30.3 Å². The Kier molecular flexibility index (Phi) is 6.83. The van der Waals surface area contributed by atoms with E-state index in [1.807, 2.05) is 31.2 Å². The average Bonchev–Trinajstić information content (AvgIpc) is 2.78. The van der Waals surface area contributed by atoms with Crippen molar-refractivity contribution in [2.45, 2.75) is 19.3 Å². The van der Waals surface area contributed by atoms with Crippen molar-refractivity contribution in [2.75, 3.05) is 11.6 Å². The Bertz CT molecular complexity index is 1410. The van der Waals surface area contributed by atoms with Crippen molar-refractivity contribution >= 4 is 21.5 Å². The van der Waals surface area contributed by atoms with Crippen LogP contribution in [0.15, 0.2) is 73.1 Å². The molecule has 0 bridgehead atoms. The number of ether oxygens (including phenoxy) is 1. The number of aromatic nitrogens is 3. The van der Waals surface area contributed by atoms with Crippen LogP contribution in [-0.2, 0) is 22.2 Å². The van der Waals surface area contributed by atoms with Gasteiger partial charge in [-0.25, -0.2) is 22.8 Å². The molecule has 4 rings (SSSR count). The smallest absolute Gasteiger partial charge is 0.230 e. The molecular formula is C25H23FN4O3S. The van der Waals surface area contributed by atoms with Crippen LogP contribution in [0.2, 0.25) is 0 Å². The van der Waals surface area contributed by atoms with Crippen LogP contribution < -0.4 is 10.1 Å². The molecule has 9 heteroatoms. The molecule has 34 heavy (non-hydrogen) atoms. The number of rotatable bonds is 8. The van der Waals surface area contributed by atoms with Crippen molar-refractivity contribution in [1.29, 1.82) is 0 Å². The summed E-state index contributed by atoms with van der Waals surface area (Å²) in [5.41, 5.74) is 3.89. The minimum atomic E-state index is -3.16. The summed E-state index contributed by atoms with van der Waals surface area (Å²) in [6.45, 7) is 2.27. The highest BCUT2D eigenvalue weighted by Crippen LogP contribution is 2.30. The topological polar surface area (TPSA) is 94.1 Å². The van der Waals surface area contributed by atoms with Gasteiger partial charge in [0.2, 0.25) is 5.95 Å². The SMILES string of the molecule is Cc1ccc(COc2cc(F)ccc2-c2ncnc(Nc3cccc(CS(C)(=O)=O)c3)n2)cc1. The maximum atomic E-state index is 14.0. The number of benzene rings is 3. The minimum Gasteiger partial charge on any atom is -0.488 e. The maximum absolute atomic E-state index is 14.0. The van der Waals surface area contributed by atoms with Crippen molar-refractivity contribution in [3.63, 3.8) is 0 Å². The molecule has 0 radical (unpaired) electrons. The van der Waals surface area contributed by atoms with Crippen LogP contribution in [0.5, 0.6) is 5.75 Å². The molecule has 0 aliphatic carbocycles. The lowest BCUT2D eigenvalue weighted by atomic mass is 10.1. The van der Waals surface area contributed by atoms with Crippen molar-refractivity contribution < 1.29 is 17.5 Å². The molecule has 1 aromatic heterocycles. The Morgan fingerprint density at radius 2 is 1.76 bits per heavy atom. The largest absolute Gasteiger partial charge is 0.488 e. The third-order valence-electron chi connectivity index (χ3n) is 4.88. The first kappa shape index (κ1) is 23.3. The predicted octanol–water partition coefficient (Wildman–Crippen LogP) is 4.85. The molecule has 0 aliphatic heterocycles. The van der Waals surface area contributed by atoms with Crippen molar-refractivity contribution in [2.24, 2.45) is 0 Å². The van der Waals surface area contributed by atoms with E-state index in [-0.39, 0.29) is 18.3 Å². The Balaban J connectivity index is 1.57. The third-order valence-corrected chi connectivity index (χ3v) is 5.74. The zero-order valence-corrected chi connectivity index (χ0v) is 19.5. The zero-order chi connectivity index (χ0) is 24.1. The normalized spacial score (nSPS) is 11.3. The quantitative estimate of drug-likeness (QED) is 0.387. The summed E-state index contributed by atoms with van der Waals surface area (Å²) in [6.07, 6.45) is 2.53. The number of hydrogen-bond donors (Lipinski definition) is 1. The van der Waals surface area contributed by atoms with Gasteiger partial charge in [-0.15, -0.1) is 0 Å². The van der Waals surface area contributed by atoms with Crippen LogP contribution in [0.3, 0.4) is 0 Å². The summed E-state index contributed by atoms with van der Waals surface area (Å²) in [6, 6.07) is 19.1. The molecule has 0 unspecified atom stereocenters. The molecule has 4 aromatic rings. The second kappa shape index (κ2) is 9.96. The fourth-order valence-electron chi connectivity index (χ4n) is 3.30.